The second-order valence-corrected chi connectivity index (χ2v) is 9.93. The van der Waals surface area contributed by atoms with Gasteiger partial charge in [-0.2, -0.15) is 0 Å². The molecule has 2 aliphatic heterocycles. The van der Waals surface area contributed by atoms with Crippen LogP contribution in [0.2, 0.25) is 0 Å². The lowest BCUT2D eigenvalue weighted by molar-refractivity contribution is -0.136. The predicted molar refractivity (Wildman–Crippen MR) is 142 cm³/mol. The number of aromatic nitrogens is 4. The van der Waals surface area contributed by atoms with Crippen LogP contribution in [0, 0.1) is 5.82 Å². The highest BCUT2D eigenvalue weighted by Gasteiger charge is 2.29. The molecule has 2 atom stereocenters. The Morgan fingerprint density at radius 2 is 1.95 bits per heavy atom. The Kier molecular flexibility index (Phi) is 6.40. The maximum absolute atomic E-state index is 13.9. The van der Waals surface area contributed by atoms with Crippen LogP contribution in [-0.4, -0.2) is 74.3 Å². The van der Waals surface area contributed by atoms with E-state index in [9.17, 15) is 14.3 Å². The number of pyridine rings is 1. The highest BCUT2D eigenvalue weighted by Crippen LogP contribution is 2.35. The molecular formula is C28H30FN7O2. The smallest absolute Gasteiger partial charge is 0.248 e. The Morgan fingerprint density at radius 3 is 2.76 bits per heavy atom. The molecule has 0 radical (unpaired) electrons. The maximum Gasteiger partial charge on any atom is 0.248 e. The fraction of sp³-hybridized carbons (Fsp3) is 0.357. The highest BCUT2D eigenvalue weighted by molar-refractivity contribution is 5.78. The summed E-state index contributed by atoms with van der Waals surface area (Å²) in [4.78, 5) is 27.6. The predicted octanol–water partition coefficient (Wildman–Crippen LogP) is 3.30. The third kappa shape index (κ3) is 4.45. The number of nitrogens with zero attached hydrogens (tertiary/aromatic N) is 7. The SMILES string of the molecule is CC1CN(c2cccc(-c3cnc4ccc(N5CCCC5c5cccc(F)c5)nn34)n2)CCN1C(=O)CO. The number of rotatable bonds is 5. The first-order valence-electron chi connectivity index (χ1n) is 13.0. The van der Waals surface area contributed by atoms with Crippen LogP contribution in [-0.2, 0) is 4.79 Å². The van der Waals surface area contributed by atoms with Gasteiger partial charge in [-0.1, -0.05) is 18.2 Å². The van der Waals surface area contributed by atoms with E-state index in [0.29, 0.717) is 19.6 Å². The molecule has 3 aromatic heterocycles. The lowest BCUT2D eigenvalue weighted by Crippen LogP contribution is -2.55. The lowest BCUT2D eigenvalue weighted by Gasteiger charge is -2.40. The van der Waals surface area contributed by atoms with Gasteiger partial charge in [0.05, 0.1) is 17.9 Å². The monoisotopic (exact) mass is 515 g/mol. The second-order valence-electron chi connectivity index (χ2n) is 9.93. The van der Waals surface area contributed by atoms with Gasteiger partial charge in [-0.15, -0.1) is 5.10 Å². The number of benzene rings is 1. The molecule has 2 unspecified atom stereocenters. The molecule has 4 aromatic rings. The summed E-state index contributed by atoms with van der Waals surface area (Å²) in [5.41, 5.74) is 3.22. The average molecular weight is 516 g/mol. The third-order valence-electron chi connectivity index (χ3n) is 7.53. The molecule has 1 aromatic carbocycles. The molecule has 0 saturated carbocycles. The number of carbonyl (C=O) groups excluding carboxylic acids is 1. The first-order valence-corrected chi connectivity index (χ1v) is 13.0. The largest absolute Gasteiger partial charge is 0.387 e. The third-order valence-corrected chi connectivity index (χ3v) is 7.53. The first kappa shape index (κ1) is 24.3. The molecule has 1 N–H and O–H groups in total. The number of piperazine rings is 1. The summed E-state index contributed by atoms with van der Waals surface area (Å²) in [6.07, 6.45) is 3.74. The van der Waals surface area contributed by atoms with Gasteiger partial charge in [0, 0.05) is 32.2 Å². The molecule has 2 saturated heterocycles. The van der Waals surface area contributed by atoms with Gasteiger partial charge in [-0.3, -0.25) is 4.79 Å². The summed E-state index contributed by atoms with van der Waals surface area (Å²) in [6, 6.07) is 16.7. The maximum atomic E-state index is 13.9. The molecule has 0 spiro atoms. The van der Waals surface area contributed by atoms with Gasteiger partial charge in [0.15, 0.2) is 5.65 Å². The van der Waals surface area contributed by atoms with E-state index in [1.807, 2.05) is 47.8 Å². The van der Waals surface area contributed by atoms with Gasteiger partial charge in [-0.05, 0) is 61.7 Å². The summed E-state index contributed by atoms with van der Waals surface area (Å²) in [5.74, 6) is 1.17. The van der Waals surface area contributed by atoms with E-state index in [4.69, 9.17) is 10.1 Å². The Labute approximate surface area is 220 Å². The summed E-state index contributed by atoms with van der Waals surface area (Å²) in [6.45, 7) is 4.17. The van der Waals surface area contributed by atoms with Crippen molar-refractivity contribution in [2.45, 2.75) is 31.8 Å². The number of aliphatic hydroxyl groups is 1. The van der Waals surface area contributed by atoms with Gasteiger partial charge < -0.3 is 19.8 Å². The van der Waals surface area contributed by atoms with Gasteiger partial charge in [-0.25, -0.2) is 18.9 Å². The summed E-state index contributed by atoms with van der Waals surface area (Å²) in [5, 5.41) is 14.2. The van der Waals surface area contributed by atoms with Crippen molar-refractivity contribution in [3.05, 3.63) is 72.2 Å². The Morgan fingerprint density at radius 1 is 1.08 bits per heavy atom. The zero-order valence-electron chi connectivity index (χ0n) is 21.2. The Bertz CT molecular complexity index is 1470. The van der Waals surface area contributed by atoms with Crippen LogP contribution >= 0.6 is 0 Å². The minimum atomic E-state index is -0.470. The molecule has 9 nitrogen and oxygen atoms in total. The van der Waals surface area contributed by atoms with E-state index >= 15 is 0 Å². The van der Waals surface area contributed by atoms with Crippen molar-refractivity contribution in [1.82, 2.24) is 24.5 Å². The number of imidazole rings is 1. The standard InChI is InChI=1S/C28H30FN7O2/c1-19-17-33(13-14-34(19)28(38)18-37)26-9-3-7-22(31-26)24-16-30-25-10-11-27(32-36(24)25)35-12-4-8-23(35)20-5-2-6-21(29)15-20/h2-3,5-7,9-11,15-16,19,23,37H,4,8,12-14,17-18H2,1H3. The van der Waals surface area contributed by atoms with Crippen molar-refractivity contribution >= 4 is 23.2 Å². The highest BCUT2D eigenvalue weighted by atomic mass is 19.1. The summed E-state index contributed by atoms with van der Waals surface area (Å²) >= 11 is 0. The number of fused-ring (bicyclic) bond motifs is 1. The summed E-state index contributed by atoms with van der Waals surface area (Å²) in [7, 11) is 0. The minimum absolute atomic E-state index is 0.0274. The van der Waals surface area contributed by atoms with Crippen molar-refractivity contribution in [1.29, 1.82) is 0 Å². The van der Waals surface area contributed by atoms with Crippen molar-refractivity contribution < 1.29 is 14.3 Å². The van der Waals surface area contributed by atoms with Crippen molar-refractivity contribution in [3.8, 4) is 11.4 Å². The van der Waals surface area contributed by atoms with Crippen LogP contribution in [0.1, 0.15) is 31.4 Å². The second kappa shape index (κ2) is 10.0. The number of halogens is 1. The molecule has 0 aliphatic carbocycles. The molecule has 196 valence electrons. The molecule has 0 bridgehead atoms. The van der Waals surface area contributed by atoms with Crippen LogP contribution in [0.5, 0.6) is 0 Å². The quantitative estimate of drug-likeness (QED) is 0.436. The van der Waals surface area contributed by atoms with Gasteiger partial charge in [0.25, 0.3) is 0 Å². The number of aliphatic hydroxyl groups excluding tert-OH is 1. The van der Waals surface area contributed by atoms with Crippen molar-refractivity contribution in [2.24, 2.45) is 0 Å². The van der Waals surface area contributed by atoms with E-state index in [0.717, 1.165) is 53.6 Å². The number of hydrogen-bond acceptors (Lipinski definition) is 7. The topological polar surface area (TPSA) is 90.1 Å². The molecule has 10 heteroatoms. The zero-order chi connectivity index (χ0) is 26.2. The Hall–Kier alpha value is -4.05. The Balaban J connectivity index is 1.29. The molecule has 2 fully saturated rings. The van der Waals surface area contributed by atoms with E-state index in [2.05, 4.69) is 14.8 Å². The number of anilines is 2. The van der Waals surface area contributed by atoms with Crippen molar-refractivity contribution in [3.63, 3.8) is 0 Å². The molecule has 2 aliphatic rings. The molecule has 1 amide bonds. The molecule has 38 heavy (non-hydrogen) atoms. The van der Waals surface area contributed by atoms with Gasteiger partial charge in [0.1, 0.15) is 29.8 Å². The molecule has 5 heterocycles. The van der Waals surface area contributed by atoms with Crippen LogP contribution in [0.15, 0.2) is 60.8 Å². The zero-order valence-corrected chi connectivity index (χ0v) is 21.2. The van der Waals surface area contributed by atoms with Crippen LogP contribution in [0.25, 0.3) is 17.0 Å². The van der Waals surface area contributed by atoms with E-state index in [1.54, 1.807) is 23.2 Å². The van der Waals surface area contributed by atoms with E-state index < -0.39 is 6.61 Å². The van der Waals surface area contributed by atoms with E-state index in [-0.39, 0.29) is 23.8 Å². The number of amides is 1. The fourth-order valence-corrected chi connectivity index (χ4v) is 5.66. The normalized spacial score (nSPS) is 19.9. The van der Waals surface area contributed by atoms with Gasteiger partial charge in [0.2, 0.25) is 5.91 Å². The number of carbonyl (C=O) groups is 1. The van der Waals surface area contributed by atoms with E-state index in [1.165, 1.54) is 6.07 Å². The van der Waals surface area contributed by atoms with Crippen LogP contribution < -0.4 is 9.80 Å². The lowest BCUT2D eigenvalue weighted by atomic mass is 10.0. The summed E-state index contributed by atoms with van der Waals surface area (Å²) < 4.78 is 15.8. The van der Waals surface area contributed by atoms with Crippen molar-refractivity contribution in [2.75, 3.05) is 42.6 Å². The average Bonchev–Trinajstić information content (AvgIpc) is 3.60. The van der Waals surface area contributed by atoms with Crippen LogP contribution in [0.4, 0.5) is 16.0 Å². The van der Waals surface area contributed by atoms with Gasteiger partial charge >= 0.3 is 0 Å². The first-order chi connectivity index (χ1) is 18.5. The van der Waals surface area contributed by atoms with Crippen LogP contribution in [0.3, 0.4) is 0 Å². The fourth-order valence-electron chi connectivity index (χ4n) is 5.66. The minimum Gasteiger partial charge on any atom is -0.387 e. The number of hydrogen-bond donors (Lipinski definition) is 1. The molecular weight excluding hydrogens is 485 g/mol. The molecule has 6 rings (SSSR count).